The molecule has 0 aromatic heterocycles. The van der Waals surface area contributed by atoms with Crippen LogP contribution in [0.4, 0.5) is 0 Å². The van der Waals surface area contributed by atoms with E-state index in [1.165, 1.54) is 16.3 Å². The fourth-order valence-corrected chi connectivity index (χ4v) is 4.88. The first-order valence-corrected chi connectivity index (χ1v) is 10.6. The molecule has 1 saturated heterocycles. The third-order valence-electron chi connectivity index (χ3n) is 5.07. The Kier molecular flexibility index (Phi) is 5.98. The monoisotopic (exact) mass is 378 g/mol. The summed E-state index contributed by atoms with van der Waals surface area (Å²) in [5.74, 6) is 0.638. The number of rotatable bonds is 4. The highest BCUT2D eigenvalue weighted by Crippen LogP contribution is 2.24. The van der Waals surface area contributed by atoms with Gasteiger partial charge in [-0.25, -0.2) is 8.42 Å². The molecule has 0 spiro atoms. The van der Waals surface area contributed by atoms with Crippen LogP contribution in [0, 0.1) is 0 Å². The number of hydrogen-bond donors (Lipinski definition) is 0. The summed E-state index contributed by atoms with van der Waals surface area (Å²) in [5, 5.41) is 0. The molecule has 26 heavy (non-hydrogen) atoms. The lowest BCUT2D eigenvalue weighted by Crippen LogP contribution is -2.50. The topological polar surface area (TPSA) is 66.9 Å². The van der Waals surface area contributed by atoms with Gasteiger partial charge >= 0.3 is 0 Å². The Bertz CT molecular complexity index is 755. The van der Waals surface area contributed by atoms with Gasteiger partial charge in [0.25, 0.3) is 0 Å². The number of methoxy groups -OCH3 is 1. The van der Waals surface area contributed by atoms with Gasteiger partial charge in [-0.05, 0) is 49.9 Å². The molecule has 142 valence electrons. The Morgan fingerprint density at radius 3 is 2.19 bits per heavy atom. The number of piperazine rings is 1. The number of hydrogen-bond acceptors (Lipinski definition) is 4. The lowest BCUT2D eigenvalue weighted by atomic mass is 9.94. The van der Waals surface area contributed by atoms with Crippen molar-refractivity contribution in [1.29, 1.82) is 0 Å². The van der Waals surface area contributed by atoms with Crippen molar-refractivity contribution in [1.82, 2.24) is 9.21 Å². The van der Waals surface area contributed by atoms with Crippen molar-refractivity contribution in [3.63, 3.8) is 0 Å². The van der Waals surface area contributed by atoms with Crippen LogP contribution in [0.15, 0.2) is 40.8 Å². The van der Waals surface area contributed by atoms with Crippen LogP contribution in [-0.4, -0.2) is 56.8 Å². The maximum absolute atomic E-state index is 12.7. The van der Waals surface area contributed by atoms with Gasteiger partial charge in [0.05, 0.1) is 12.0 Å². The number of ether oxygens (including phenoxy) is 1. The molecular weight excluding hydrogens is 352 g/mol. The zero-order valence-electron chi connectivity index (χ0n) is 15.2. The second kappa shape index (κ2) is 8.22. The van der Waals surface area contributed by atoms with Gasteiger partial charge < -0.3 is 9.64 Å². The van der Waals surface area contributed by atoms with Crippen LogP contribution in [-0.2, 0) is 14.8 Å². The smallest absolute Gasteiger partial charge is 0.246 e. The van der Waals surface area contributed by atoms with Crippen molar-refractivity contribution >= 4 is 15.9 Å². The van der Waals surface area contributed by atoms with Crippen molar-refractivity contribution in [2.24, 2.45) is 0 Å². The summed E-state index contributed by atoms with van der Waals surface area (Å²) in [7, 11) is -1.99. The van der Waals surface area contributed by atoms with Crippen molar-refractivity contribution < 1.29 is 17.9 Å². The van der Waals surface area contributed by atoms with Crippen LogP contribution in [0.2, 0.25) is 0 Å². The van der Waals surface area contributed by atoms with E-state index < -0.39 is 10.0 Å². The minimum absolute atomic E-state index is 0.0170. The molecule has 0 bridgehead atoms. The highest BCUT2D eigenvalue weighted by atomic mass is 32.2. The van der Waals surface area contributed by atoms with E-state index in [-0.39, 0.29) is 10.8 Å². The molecule has 2 fully saturated rings. The van der Waals surface area contributed by atoms with Crippen LogP contribution < -0.4 is 4.74 Å². The minimum atomic E-state index is -3.54. The number of carbonyl (C=O) groups excluding carboxylic acids is 1. The Labute approximate surface area is 155 Å². The number of carbonyl (C=O) groups is 1. The van der Waals surface area contributed by atoms with Gasteiger partial charge in [0.2, 0.25) is 15.9 Å². The van der Waals surface area contributed by atoms with Crippen LogP contribution in [0.25, 0.3) is 0 Å². The van der Waals surface area contributed by atoms with Gasteiger partial charge in [0.1, 0.15) is 5.75 Å². The average molecular weight is 378 g/mol. The quantitative estimate of drug-likeness (QED) is 0.755. The van der Waals surface area contributed by atoms with Crippen LogP contribution in [0.5, 0.6) is 5.75 Å². The molecule has 1 saturated carbocycles. The highest BCUT2D eigenvalue weighted by molar-refractivity contribution is 7.89. The first kappa shape index (κ1) is 18.9. The summed E-state index contributed by atoms with van der Waals surface area (Å²) in [5.41, 5.74) is 1.23. The van der Waals surface area contributed by atoms with Crippen LogP contribution in [0.1, 0.15) is 32.1 Å². The summed E-state index contributed by atoms with van der Waals surface area (Å²) in [4.78, 5) is 14.4. The summed E-state index contributed by atoms with van der Waals surface area (Å²) >= 11 is 0. The van der Waals surface area contributed by atoms with Crippen molar-refractivity contribution in [3.8, 4) is 5.75 Å². The van der Waals surface area contributed by atoms with Gasteiger partial charge in [0.15, 0.2) is 0 Å². The normalized spacial score (nSPS) is 19.3. The minimum Gasteiger partial charge on any atom is -0.497 e. The summed E-state index contributed by atoms with van der Waals surface area (Å²) < 4.78 is 32.0. The first-order chi connectivity index (χ1) is 12.5. The molecule has 1 aliphatic carbocycles. The molecule has 0 unspecified atom stereocenters. The predicted molar refractivity (Wildman–Crippen MR) is 99.5 cm³/mol. The second-order valence-corrected chi connectivity index (χ2v) is 8.71. The average Bonchev–Trinajstić information content (AvgIpc) is 2.69. The molecule has 1 aliphatic heterocycles. The Morgan fingerprint density at radius 2 is 1.62 bits per heavy atom. The number of allylic oxidation sites excluding steroid dienone is 1. The molecule has 1 aromatic rings. The lowest BCUT2D eigenvalue weighted by Gasteiger charge is -2.33. The number of nitrogens with zero attached hydrogens (tertiary/aromatic N) is 2. The van der Waals surface area contributed by atoms with Gasteiger partial charge in [-0.15, -0.1) is 0 Å². The molecule has 3 rings (SSSR count). The Balaban J connectivity index is 1.61. The van der Waals surface area contributed by atoms with Crippen molar-refractivity contribution in [2.45, 2.75) is 37.0 Å². The molecule has 0 radical (unpaired) electrons. The molecule has 1 heterocycles. The largest absolute Gasteiger partial charge is 0.497 e. The fourth-order valence-electron chi connectivity index (χ4n) is 3.46. The fraction of sp³-hybridized carbons (Fsp3) is 0.526. The first-order valence-electron chi connectivity index (χ1n) is 9.13. The Morgan fingerprint density at radius 1 is 1.00 bits per heavy atom. The van der Waals surface area contributed by atoms with Crippen molar-refractivity contribution in [3.05, 3.63) is 35.9 Å². The zero-order valence-corrected chi connectivity index (χ0v) is 16.0. The van der Waals surface area contributed by atoms with E-state index in [9.17, 15) is 13.2 Å². The summed E-state index contributed by atoms with van der Waals surface area (Å²) in [6.07, 6.45) is 7.36. The molecular formula is C19H26N2O4S. The molecule has 0 atom stereocenters. The predicted octanol–water partition coefficient (Wildman–Crippen LogP) is 2.42. The van der Waals surface area contributed by atoms with E-state index in [4.69, 9.17) is 4.74 Å². The maximum Gasteiger partial charge on any atom is 0.246 e. The third-order valence-corrected chi connectivity index (χ3v) is 6.98. The second-order valence-electron chi connectivity index (χ2n) is 6.77. The van der Waals surface area contributed by atoms with Gasteiger partial charge in [-0.1, -0.05) is 12.0 Å². The van der Waals surface area contributed by atoms with Crippen molar-refractivity contribution in [2.75, 3.05) is 33.3 Å². The molecule has 1 aromatic carbocycles. The van der Waals surface area contributed by atoms with E-state index in [2.05, 4.69) is 0 Å². The van der Waals surface area contributed by atoms with Gasteiger partial charge in [-0.2, -0.15) is 4.31 Å². The highest BCUT2D eigenvalue weighted by Gasteiger charge is 2.29. The van der Waals surface area contributed by atoms with E-state index in [1.807, 2.05) is 0 Å². The Hall–Kier alpha value is -1.86. The molecule has 2 aliphatic rings. The number of amides is 1. The summed E-state index contributed by atoms with van der Waals surface area (Å²) in [6, 6.07) is 6.39. The molecule has 7 heteroatoms. The molecule has 0 N–H and O–H groups in total. The van der Waals surface area contributed by atoms with Gasteiger partial charge in [0, 0.05) is 32.3 Å². The lowest BCUT2D eigenvalue weighted by molar-refractivity contribution is -0.127. The number of sulfonamides is 1. The van der Waals surface area contributed by atoms with E-state index in [0.29, 0.717) is 31.9 Å². The van der Waals surface area contributed by atoms with Crippen LogP contribution >= 0.6 is 0 Å². The standard InChI is InChI=1S/C19H26N2O4S/c1-25-17-7-9-18(10-8-17)26(23,24)21-13-11-20(12-14-21)19(22)15-16-5-3-2-4-6-16/h7-10,15H,2-6,11-14H2,1H3. The number of benzene rings is 1. The zero-order chi connectivity index (χ0) is 18.6. The van der Waals surface area contributed by atoms with Crippen LogP contribution in [0.3, 0.4) is 0 Å². The third kappa shape index (κ3) is 4.27. The van der Waals surface area contributed by atoms with E-state index in [0.717, 1.165) is 25.7 Å². The van der Waals surface area contributed by atoms with Gasteiger partial charge in [-0.3, -0.25) is 4.79 Å². The summed E-state index contributed by atoms with van der Waals surface area (Å²) in [6.45, 7) is 1.50. The van der Waals surface area contributed by atoms with E-state index >= 15 is 0 Å². The molecule has 6 nitrogen and oxygen atoms in total. The van der Waals surface area contributed by atoms with E-state index in [1.54, 1.807) is 42.4 Å². The molecule has 1 amide bonds. The maximum atomic E-state index is 12.7. The SMILES string of the molecule is COc1ccc(S(=O)(=O)N2CCN(C(=O)C=C3CCCCC3)CC2)cc1.